The molecule has 1 aliphatic heterocycles. The van der Waals surface area contributed by atoms with Crippen LogP contribution >= 0.6 is 0 Å². The maximum absolute atomic E-state index is 3.45. The summed E-state index contributed by atoms with van der Waals surface area (Å²) >= 11 is 0. The Morgan fingerprint density at radius 3 is 2.59 bits per heavy atom. The molecule has 0 fully saturated rings. The summed E-state index contributed by atoms with van der Waals surface area (Å²) in [4.78, 5) is 5.02. The van der Waals surface area contributed by atoms with Crippen LogP contribution in [0.15, 0.2) is 54.7 Å². The number of quaternary nitrogens is 1. The fourth-order valence-electron chi connectivity index (χ4n) is 3.95. The molecule has 2 atom stereocenters. The Kier molecular flexibility index (Phi) is 2.92. The Morgan fingerprint density at radius 2 is 1.73 bits per heavy atom. The Morgan fingerprint density at radius 1 is 1.00 bits per heavy atom. The number of para-hydroxylation sites is 1. The van der Waals surface area contributed by atoms with Gasteiger partial charge >= 0.3 is 0 Å². The summed E-state index contributed by atoms with van der Waals surface area (Å²) in [6, 6.07) is 18.0. The Bertz CT molecular complexity index is 828. The van der Waals surface area contributed by atoms with E-state index in [2.05, 4.69) is 80.6 Å². The molecule has 2 nitrogen and oxygen atoms in total. The van der Waals surface area contributed by atoms with Gasteiger partial charge in [0.15, 0.2) is 0 Å². The van der Waals surface area contributed by atoms with Gasteiger partial charge in [-0.05, 0) is 25.5 Å². The molecule has 0 amide bonds. The highest BCUT2D eigenvalue weighted by molar-refractivity contribution is 5.84. The molecule has 2 aromatic carbocycles. The molecule has 0 saturated heterocycles. The molecule has 3 aromatic rings. The van der Waals surface area contributed by atoms with Crippen LogP contribution in [0.4, 0.5) is 0 Å². The summed E-state index contributed by atoms with van der Waals surface area (Å²) in [5.74, 6) is 0. The fourth-order valence-corrected chi connectivity index (χ4v) is 3.95. The van der Waals surface area contributed by atoms with E-state index in [4.69, 9.17) is 0 Å². The highest BCUT2D eigenvalue weighted by Gasteiger charge is 2.42. The molecule has 0 spiro atoms. The van der Waals surface area contributed by atoms with E-state index in [-0.39, 0.29) is 5.54 Å². The fraction of sp³-hybridized carbons (Fsp3) is 0.300. The summed E-state index contributed by atoms with van der Waals surface area (Å²) in [5.41, 5.74) is 5.84. The van der Waals surface area contributed by atoms with E-state index in [1.54, 1.807) is 4.90 Å². The van der Waals surface area contributed by atoms with Crippen LogP contribution in [-0.2, 0) is 6.42 Å². The highest BCUT2D eigenvalue weighted by Crippen LogP contribution is 2.33. The highest BCUT2D eigenvalue weighted by atomic mass is 15.2. The van der Waals surface area contributed by atoms with Gasteiger partial charge in [0.1, 0.15) is 6.04 Å². The second-order valence-electron chi connectivity index (χ2n) is 7.17. The standard InChI is InChI=1S/C20H22N2/c1-20(2)12-14-8-4-5-9-15(14)19(22(20)3)17-13-21-18-11-7-6-10-16(17)18/h4-11,13,19,21H,12H2,1-3H3/p+1/t19-/m0/s1. The molecule has 2 N–H and O–H groups in total. The predicted octanol–water partition coefficient (Wildman–Crippen LogP) is 3.11. The quantitative estimate of drug-likeness (QED) is 0.687. The van der Waals surface area contributed by atoms with Gasteiger partial charge in [0.05, 0.1) is 12.6 Å². The van der Waals surface area contributed by atoms with Crippen LogP contribution in [0.1, 0.15) is 36.6 Å². The number of H-pyrrole nitrogens is 1. The Balaban J connectivity index is 1.96. The predicted molar refractivity (Wildman–Crippen MR) is 91.3 cm³/mol. The third kappa shape index (κ3) is 1.91. The van der Waals surface area contributed by atoms with E-state index in [0.29, 0.717) is 6.04 Å². The second-order valence-corrected chi connectivity index (χ2v) is 7.17. The van der Waals surface area contributed by atoms with E-state index in [0.717, 1.165) is 6.42 Å². The number of rotatable bonds is 1. The van der Waals surface area contributed by atoms with Crippen molar-refractivity contribution >= 4 is 10.9 Å². The van der Waals surface area contributed by atoms with Crippen molar-refractivity contribution in [3.63, 3.8) is 0 Å². The van der Waals surface area contributed by atoms with Gasteiger partial charge in [-0.3, -0.25) is 0 Å². The molecular formula is C20H23N2+. The Hall–Kier alpha value is -2.06. The monoisotopic (exact) mass is 291 g/mol. The van der Waals surface area contributed by atoms with Crippen LogP contribution in [0.2, 0.25) is 0 Å². The van der Waals surface area contributed by atoms with E-state index in [1.165, 1.54) is 27.6 Å². The SMILES string of the molecule is C[NH+]1[C@H](c2c[nH]c3ccccc23)c2ccccc2CC1(C)C. The molecule has 2 heterocycles. The van der Waals surface area contributed by atoms with Crippen LogP contribution < -0.4 is 4.90 Å². The summed E-state index contributed by atoms with van der Waals surface area (Å²) in [5, 5.41) is 1.35. The van der Waals surface area contributed by atoms with Gasteiger partial charge < -0.3 is 9.88 Å². The van der Waals surface area contributed by atoms with Crippen molar-refractivity contribution in [3.8, 4) is 0 Å². The maximum Gasteiger partial charge on any atom is 0.141 e. The van der Waals surface area contributed by atoms with Crippen LogP contribution in [0.25, 0.3) is 10.9 Å². The average molecular weight is 291 g/mol. The molecule has 1 unspecified atom stereocenters. The van der Waals surface area contributed by atoms with Crippen molar-refractivity contribution in [3.05, 3.63) is 71.4 Å². The Labute approximate surface area is 131 Å². The number of aromatic amines is 1. The molecule has 1 aliphatic rings. The van der Waals surface area contributed by atoms with Gasteiger partial charge in [0, 0.05) is 34.6 Å². The third-order valence-electron chi connectivity index (χ3n) is 5.43. The summed E-state index contributed by atoms with van der Waals surface area (Å²) in [7, 11) is 2.34. The molecule has 0 aliphatic carbocycles. The molecule has 112 valence electrons. The zero-order valence-corrected chi connectivity index (χ0v) is 13.5. The van der Waals surface area contributed by atoms with Crippen LogP contribution in [-0.4, -0.2) is 17.6 Å². The van der Waals surface area contributed by atoms with Crippen LogP contribution in [0, 0.1) is 0 Å². The average Bonchev–Trinajstić information content (AvgIpc) is 2.92. The number of hydrogen-bond donors (Lipinski definition) is 2. The normalized spacial score (nSPS) is 23.4. The number of hydrogen-bond acceptors (Lipinski definition) is 0. The van der Waals surface area contributed by atoms with Gasteiger partial charge in [-0.1, -0.05) is 42.5 Å². The summed E-state index contributed by atoms with van der Waals surface area (Å²) in [6.07, 6.45) is 3.34. The van der Waals surface area contributed by atoms with Crippen LogP contribution in [0.3, 0.4) is 0 Å². The molecule has 0 saturated carbocycles. The molecule has 22 heavy (non-hydrogen) atoms. The lowest BCUT2D eigenvalue weighted by Crippen LogP contribution is -3.18. The molecule has 4 rings (SSSR count). The second kappa shape index (κ2) is 4.72. The zero-order valence-electron chi connectivity index (χ0n) is 13.5. The van der Waals surface area contributed by atoms with Crippen molar-refractivity contribution in [1.82, 2.24) is 4.98 Å². The minimum atomic E-state index is 0.234. The number of nitrogens with one attached hydrogen (secondary N) is 2. The van der Waals surface area contributed by atoms with Gasteiger partial charge in [0.2, 0.25) is 0 Å². The van der Waals surface area contributed by atoms with Crippen molar-refractivity contribution < 1.29 is 4.90 Å². The lowest BCUT2D eigenvalue weighted by Gasteiger charge is -2.43. The summed E-state index contributed by atoms with van der Waals surface area (Å²) < 4.78 is 0. The number of aromatic nitrogens is 1. The van der Waals surface area contributed by atoms with Crippen molar-refractivity contribution in [2.45, 2.75) is 31.8 Å². The molecule has 0 radical (unpaired) electrons. The van der Waals surface area contributed by atoms with Gasteiger partial charge in [-0.25, -0.2) is 0 Å². The first-order valence-electron chi connectivity index (χ1n) is 8.06. The van der Waals surface area contributed by atoms with Gasteiger partial charge in [0.25, 0.3) is 0 Å². The maximum atomic E-state index is 3.45. The van der Waals surface area contributed by atoms with E-state index in [1.807, 2.05) is 0 Å². The van der Waals surface area contributed by atoms with Gasteiger partial charge in [-0.15, -0.1) is 0 Å². The zero-order chi connectivity index (χ0) is 15.3. The molecular weight excluding hydrogens is 268 g/mol. The first-order chi connectivity index (χ1) is 10.6. The smallest absolute Gasteiger partial charge is 0.141 e. The van der Waals surface area contributed by atoms with Crippen molar-refractivity contribution in [1.29, 1.82) is 0 Å². The lowest BCUT2D eigenvalue weighted by atomic mass is 9.79. The topological polar surface area (TPSA) is 20.2 Å². The molecule has 0 bridgehead atoms. The summed E-state index contributed by atoms with van der Waals surface area (Å²) in [6.45, 7) is 4.75. The minimum absolute atomic E-state index is 0.234. The van der Waals surface area contributed by atoms with E-state index < -0.39 is 0 Å². The van der Waals surface area contributed by atoms with Gasteiger partial charge in [-0.2, -0.15) is 0 Å². The van der Waals surface area contributed by atoms with Crippen molar-refractivity contribution in [2.75, 3.05) is 7.05 Å². The van der Waals surface area contributed by atoms with Crippen LogP contribution in [0.5, 0.6) is 0 Å². The molecule has 1 aromatic heterocycles. The number of benzene rings is 2. The van der Waals surface area contributed by atoms with Crippen molar-refractivity contribution in [2.24, 2.45) is 0 Å². The third-order valence-corrected chi connectivity index (χ3v) is 5.43. The minimum Gasteiger partial charge on any atom is -0.361 e. The lowest BCUT2D eigenvalue weighted by molar-refractivity contribution is -0.956. The first-order valence-corrected chi connectivity index (χ1v) is 8.06. The van der Waals surface area contributed by atoms with E-state index >= 15 is 0 Å². The van der Waals surface area contributed by atoms with E-state index in [9.17, 15) is 0 Å². The largest absolute Gasteiger partial charge is 0.361 e. The number of fused-ring (bicyclic) bond motifs is 2. The number of likely N-dealkylation sites (N-methyl/N-ethyl adjacent to an activating group) is 1. The first kappa shape index (κ1) is 13.6. The molecule has 2 heteroatoms.